The van der Waals surface area contributed by atoms with Crippen LogP contribution in [0.25, 0.3) is 17.0 Å². The van der Waals surface area contributed by atoms with Crippen molar-refractivity contribution in [1.29, 1.82) is 0 Å². The van der Waals surface area contributed by atoms with Crippen LogP contribution in [-0.4, -0.2) is 33.1 Å². The molecule has 28 heavy (non-hydrogen) atoms. The van der Waals surface area contributed by atoms with Gasteiger partial charge in [-0.25, -0.2) is 4.39 Å². The van der Waals surface area contributed by atoms with Crippen molar-refractivity contribution in [2.45, 2.75) is 0 Å². The summed E-state index contributed by atoms with van der Waals surface area (Å²) < 4.78 is 20.8. The van der Waals surface area contributed by atoms with Crippen molar-refractivity contribution >= 4 is 29.3 Å². The van der Waals surface area contributed by atoms with Gasteiger partial charge in [-0.05, 0) is 54.1 Å². The number of hydrazone groups is 1. The molecule has 2 aromatic carbocycles. The third kappa shape index (κ3) is 3.49. The molecule has 0 saturated heterocycles. The summed E-state index contributed by atoms with van der Waals surface area (Å²) in [4.78, 5) is 0. The van der Waals surface area contributed by atoms with E-state index in [4.69, 9.17) is 16.3 Å². The van der Waals surface area contributed by atoms with Gasteiger partial charge in [0.05, 0.1) is 23.9 Å². The second-order valence-electron chi connectivity index (χ2n) is 5.75. The monoisotopic (exact) mass is 396 g/mol. The van der Waals surface area contributed by atoms with Crippen LogP contribution in [0.4, 0.5) is 10.2 Å². The number of hydrogen-bond donors (Lipinski definition) is 1. The van der Waals surface area contributed by atoms with Crippen molar-refractivity contribution < 1.29 is 9.13 Å². The predicted octanol–water partition coefficient (Wildman–Crippen LogP) is 4.04. The van der Waals surface area contributed by atoms with Crippen LogP contribution in [0.15, 0.2) is 59.7 Å². The summed E-state index contributed by atoms with van der Waals surface area (Å²) in [5.74, 6) is 0.912. The molecule has 0 radical (unpaired) electrons. The van der Waals surface area contributed by atoms with Crippen molar-refractivity contribution in [1.82, 2.24) is 19.8 Å². The summed E-state index contributed by atoms with van der Waals surface area (Å²) in [6, 6.07) is 15.2. The van der Waals surface area contributed by atoms with Crippen LogP contribution in [0.2, 0.25) is 5.02 Å². The fraction of sp³-hybridized carbons (Fsp3) is 0.0526. The summed E-state index contributed by atoms with van der Waals surface area (Å²) >= 11 is 6.14. The van der Waals surface area contributed by atoms with Crippen LogP contribution in [0.5, 0.6) is 5.75 Å². The number of hydrogen-bond acceptors (Lipinski definition) is 6. The maximum Gasteiger partial charge on any atom is 0.189 e. The first-order chi connectivity index (χ1) is 13.7. The van der Waals surface area contributed by atoms with Gasteiger partial charge in [0, 0.05) is 0 Å². The molecular formula is C19H14ClFN6O. The molecule has 4 rings (SSSR count). The first kappa shape index (κ1) is 17.9. The van der Waals surface area contributed by atoms with Crippen LogP contribution in [0.3, 0.4) is 0 Å². The van der Waals surface area contributed by atoms with Gasteiger partial charge < -0.3 is 4.74 Å². The molecule has 0 spiro atoms. The predicted molar refractivity (Wildman–Crippen MR) is 105 cm³/mol. The van der Waals surface area contributed by atoms with Gasteiger partial charge in [-0.2, -0.15) is 9.62 Å². The molecule has 0 amide bonds. The SMILES string of the molecule is COc1ccc(/C=N\Nc2ccc3nnc(-c4c(F)cccc4Cl)n3n2)cc1. The minimum Gasteiger partial charge on any atom is -0.497 e. The van der Waals surface area contributed by atoms with Crippen molar-refractivity contribution in [2.75, 3.05) is 12.5 Å². The molecule has 0 fully saturated rings. The molecule has 0 saturated carbocycles. The Labute approximate surface area is 164 Å². The molecule has 7 nitrogen and oxygen atoms in total. The Morgan fingerprint density at radius 1 is 1.11 bits per heavy atom. The van der Waals surface area contributed by atoms with E-state index in [1.165, 1.54) is 16.6 Å². The highest BCUT2D eigenvalue weighted by Gasteiger charge is 2.17. The molecule has 0 aliphatic heterocycles. The lowest BCUT2D eigenvalue weighted by Gasteiger charge is -2.05. The number of rotatable bonds is 5. The maximum atomic E-state index is 14.2. The number of anilines is 1. The molecule has 2 aromatic heterocycles. The minimum absolute atomic E-state index is 0.142. The summed E-state index contributed by atoms with van der Waals surface area (Å²) in [5, 5.41) is 16.8. The highest BCUT2D eigenvalue weighted by atomic mass is 35.5. The minimum atomic E-state index is -0.500. The summed E-state index contributed by atoms with van der Waals surface area (Å²) in [6.07, 6.45) is 1.64. The van der Waals surface area contributed by atoms with Gasteiger partial charge in [-0.15, -0.1) is 15.3 Å². The number of methoxy groups -OCH3 is 1. The molecule has 0 aliphatic carbocycles. The van der Waals surface area contributed by atoms with E-state index in [1.54, 1.807) is 31.5 Å². The van der Waals surface area contributed by atoms with E-state index in [-0.39, 0.29) is 16.4 Å². The average molecular weight is 397 g/mol. The molecule has 2 heterocycles. The third-order valence-corrected chi connectivity index (χ3v) is 4.27. The van der Waals surface area contributed by atoms with Crippen molar-refractivity contribution in [2.24, 2.45) is 5.10 Å². The Hall–Kier alpha value is -3.52. The Kier molecular flexibility index (Phi) is 4.86. The highest BCUT2D eigenvalue weighted by Crippen LogP contribution is 2.29. The lowest BCUT2D eigenvalue weighted by molar-refractivity contribution is 0.415. The first-order valence-corrected chi connectivity index (χ1v) is 8.63. The van der Waals surface area contributed by atoms with E-state index in [9.17, 15) is 4.39 Å². The average Bonchev–Trinajstić information content (AvgIpc) is 3.11. The van der Waals surface area contributed by atoms with Crippen LogP contribution >= 0.6 is 11.6 Å². The summed E-state index contributed by atoms with van der Waals surface area (Å²) in [6.45, 7) is 0. The van der Waals surface area contributed by atoms with Gasteiger partial charge in [0.15, 0.2) is 17.3 Å². The number of nitrogens with one attached hydrogen (secondary N) is 1. The highest BCUT2D eigenvalue weighted by molar-refractivity contribution is 6.33. The molecule has 9 heteroatoms. The number of nitrogens with zero attached hydrogens (tertiary/aromatic N) is 5. The molecule has 0 bridgehead atoms. The molecule has 1 N–H and O–H groups in total. The lowest BCUT2D eigenvalue weighted by Crippen LogP contribution is -2.01. The van der Waals surface area contributed by atoms with Crippen molar-refractivity contribution in [3.63, 3.8) is 0 Å². The van der Waals surface area contributed by atoms with E-state index >= 15 is 0 Å². The van der Waals surface area contributed by atoms with E-state index < -0.39 is 5.82 Å². The van der Waals surface area contributed by atoms with E-state index in [0.29, 0.717) is 11.5 Å². The standard InChI is InChI=1S/C19H14ClFN6O/c1-28-13-7-5-12(6-8-13)11-22-23-16-9-10-17-24-25-19(27(17)26-16)18-14(20)3-2-4-15(18)21/h2-11H,1H3,(H,23,26)/b22-11-. The zero-order valence-corrected chi connectivity index (χ0v) is 15.4. The van der Waals surface area contributed by atoms with Gasteiger partial charge >= 0.3 is 0 Å². The molecule has 4 aromatic rings. The second kappa shape index (κ2) is 7.61. The van der Waals surface area contributed by atoms with E-state index in [2.05, 4.69) is 25.8 Å². The quantitative estimate of drug-likeness (QED) is 0.407. The molecule has 0 aliphatic rings. The number of benzene rings is 2. The van der Waals surface area contributed by atoms with Gasteiger partial charge in [-0.3, -0.25) is 5.43 Å². The second-order valence-corrected chi connectivity index (χ2v) is 6.16. The topological polar surface area (TPSA) is 76.7 Å². The smallest absolute Gasteiger partial charge is 0.189 e. The zero-order valence-electron chi connectivity index (χ0n) is 14.7. The number of ether oxygens (including phenoxy) is 1. The Balaban J connectivity index is 1.61. The summed E-state index contributed by atoms with van der Waals surface area (Å²) in [7, 11) is 1.61. The number of halogens is 2. The maximum absolute atomic E-state index is 14.2. The Morgan fingerprint density at radius 3 is 2.68 bits per heavy atom. The fourth-order valence-corrected chi connectivity index (χ4v) is 2.83. The zero-order chi connectivity index (χ0) is 19.5. The van der Waals surface area contributed by atoms with Crippen LogP contribution in [0, 0.1) is 5.82 Å². The molecule has 0 atom stereocenters. The largest absolute Gasteiger partial charge is 0.497 e. The fourth-order valence-electron chi connectivity index (χ4n) is 2.58. The summed E-state index contributed by atoms with van der Waals surface area (Å²) in [5.41, 5.74) is 4.32. The molecular weight excluding hydrogens is 383 g/mol. The van der Waals surface area contributed by atoms with Crippen LogP contribution < -0.4 is 10.2 Å². The Bertz CT molecular complexity index is 1140. The first-order valence-electron chi connectivity index (χ1n) is 8.25. The normalized spacial score (nSPS) is 11.2. The molecule has 140 valence electrons. The van der Waals surface area contributed by atoms with E-state index in [1.807, 2.05) is 24.3 Å². The molecule has 0 unspecified atom stereocenters. The van der Waals surface area contributed by atoms with Gasteiger partial charge in [0.2, 0.25) is 0 Å². The Morgan fingerprint density at radius 2 is 1.93 bits per heavy atom. The van der Waals surface area contributed by atoms with E-state index in [0.717, 1.165) is 11.3 Å². The van der Waals surface area contributed by atoms with Crippen LogP contribution in [0.1, 0.15) is 5.56 Å². The number of aromatic nitrogens is 4. The van der Waals surface area contributed by atoms with Gasteiger partial charge in [0.25, 0.3) is 0 Å². The van der Waals surface area contributed by atoms with Crippen molar-refractivity contribution in [3.8, 4) is 17.1 Å². The van der Waals surface area contributed by atoms with Crippen molar-refractivity contribution in [3.05, 3.63) is 71.0 Å². The van der Waals surface area contributed by atoms with Gasteiger partial charge in [0.1, 0.15) is 11.6 Å². The van der Waals surface area contributed by atoms with Gasteiger partial charge in [-0.1, -0.05) is 17.7 Å². The number of fused-ring (bicyclic) bond motifs is 1. The third-order valence-electron chi connectivity index (χ3n) is 3.96. The van der Waals surface area contributed by atoms with Crippen LogP contribution in [-0.2, 0) is 0 Å². The lowest BCUT2D eigenvalue weighted by atomic mass is 10.2.